The van der Waals surface area contributed by atoms with Gasteiger partial charge in [-0.05, 0) is 6.42 Å². The second-order valence-electron chi connectivity index (χ2n) is 4.92. The standard InChI is InChI=1S/C14H27FO3/c1-2-3-4-5-6-7-8-9-10-11-12(16)13(15)14(17)18/h12-13,16H,2-11H2,1H3,(H,17,18)/t12-,13+/m1/s1. The lowest BCUT2D eigenvalue weighted by Crippen LogP contribution is -2.29. The van der Waals surface area contributed by atoms with Gasteiger partial charge in [-0.3, -0.25) is 0 Å². The number of carbonyl (C=O) groups is 1. The third-order valence-electron chi connectivity index (χ3n) is 3.18. The molecule has 0 unspecified atom stereocenters. The van der Waals surface area contributed by atoms with Gasteiger partial charge in [-0.15, -0.1) is 0 Å². The van der Waals surface area contributed by atoms with Gasteiger partial charge in [0.2, 0.25) is 6.17 Å². The number of carboxylic acids is 1. The Kier molecular flexibility index (Phi) is 11.0. The minimum atomic E-state index is -2.14. The summed E-state index contributed by atoms with van der Waals surface area (Å²) >= 11 is 0. The fraction of sp³-hybridized carbons (Fsp3) is 0.929. The molecular formula is C14H27FO3. The lowest BCUT2D eigenvalue weighted by molar-refractivity contribution is -0.147. The first-order valence-corrected chi connectivity index (χ1v) is 7.14. The maximum Gasteiger partial charge on any atom is 0.341 e. The molecule has 0 fully saturated rings. The van der Waals surface area contributed by atoms with E-state index in [4.69, 9.17) is 5.11 Å². The fourth-order valence-electron chi connectivity index (χ4n) is 1.98. The van der Waals surface area contributed by atoms with Gasteiger partial charge in [-0.1, -0.05) is 64.7 Å². The highest BCUT2D eigenvalue weighted by molar-refractivity contribution is 5.72. The van der Waals surface area contributed by atoms with Crippen LogP contribution >= 0.6 is 0 Å². The van der Waals surface area contributed by atoms with Crippen LogP contribution in [0.25, 0.3) is 0 Å². The minimum absolute atomic E-state index is 0.239. The lowest BCUT2D eigenvalue weighted by Gasteiger charge is -2.11. The lowest BCUT2D eigenvalue weighted by atomic mass is 10.0. The first kappa shape index (κ1) is 17.4. The van der Waals surface area contributed by atoms with Gasteiger partial charge in [0.25, 0.3) is 0 Å². The molecule has 0 aliphatic rings. The molecule has 0 aromatic rings. The minimum Gasteiger partial charge on any atom is -0.479 e. The average Bonchev–Trinajstić information content (AvgIpc) is 2.35. The summed E-state index contributed by atoms with van der Waals surface area (Å²) in [5, 5.41) is 17.6. The van der Waals surface area contributed by atoms with Crippen LogP contribution in [0.3, 0.4) is 0 Å². The van der Waals surface area contributed by atoms with E-state index in [1.165, 1.54) is 38.5 Å². The van der Waals surface area contributed by atoms with E-state index in [0.717, 1.165) is 12.8 Å². The van der Waals surface area contributed by atoms with E-state index in [0.29, 0.717) is 6.42 Å². The third kappa shape index (κ3) is 9.40. The maximum absolute atomic E-state index is 12.8. The SMILES string of the molecule is CCCCCCCCCCC[C@@H](O)[C@H](F)C(=O)O. The number of aliphatic hydroxyl groups excluding tert-OH is 1. The zero-order valence-corrected chi connectivity index (χ0v) is 11.4. The second-order valence-corrected chi connectivity index (χ2v) is 4.92. The molecule has 0 rings (SSSR count). The summed E-state index contributed by atoms with van der Waals surface area (Å²) < 4.78 is 12.8. The third-order valence-corrected chi connectivity index (χ3v) is 3.18. The maximum atomic E-state index is 12.8. The van der Waals surface area contributed by atoms with Gasteiger partial charge in [0, 0.05) is 0 Å². The highest BCUT2D eigenvalue weighted by Crippen LogP contribution is 2.13. The van der Waals surface area contributed by atoms with Crippen molar-refractivity contribution in [2.75, 3.05) is 0 Å². The molecule has 0 aromatic heterocycles. The molecule has 0 radical (unpaired) electrons. The number of carboxylic acid groups (broad SMARTS) is 1. The summed E-state index contributed by atoms with van der Waals surface area (Å²) in [5.41, 5.74) is 0. The van der Waals surface area contributed by atoms with Crippen molar-refractivity contribution >= 4 is 5.97 Å². The molecular weight excluding hydrogens is 235 g/mol. The Morgan fingerprint density at radius 2 is 1.44 bits per heavy atom. The van der Waals surface area contributed by atoms with Gasteiger partial charge in [0.15, 0.2) is 0 Å². The van der Waals surface area contributed by atoms with Crippen molar-refractivity contribution in [1.82, 2.24) is 0 Å². The van der Waals surface area contributed by atoms with Gasteiger partial charge < -0.3 is 10.2 Å². The van der Waals surface area contributed by atoms with E-state index in [-0.39, 0.29) is 6.42 Å². The average molecular weight is 262 g/mol. The molecule has 0 bridgehead atoms. The van der Waals surface area contributed by atoms with Crippen molar-refractivity contribution in [3.63, 3.8) is 0 Å². The molecule has 108 valence electrons. The van der Waals surface area contributed by atoms with Crippen LogP contribution in [0.15, 0.2) is 0 Å². The van der Waals surface area contributed by atoms with E-state index >= 15 is 0 Å². The van der Waals surface area contributed by atoms with Crippen LogP contribution in [-0.2, 0) is 4.79 Å². The van der Waals surface area contributed by atoms with Crippen LogP contribution in [0.1, 0.15) is 71.1 Å². The first-order valence-electron chi connectivity index (χ1n) is 7.14. The Hall–Kier alpha value is -0.640. The first-order chi connectivity index (χ1) is 8.59. The topological polar surface area (TPSA) is 57.5 Å². The van der Waals surface area contributed by atoms with Crippen molar-refractivity contribution in [3.05, 3.63) is 0 Å². The smallest absolute Gasteiger partial charge is 0.341 e. The highest BCUT2D eigenvalue weighted by Gasteiger charge is 2.24. The molecule has 0 saturated heterocycles. The van der Waals surface area contributed by atoms with Gasteiger partial charge in [0.05, 0.1) is 6.10 Å². The fourth-order valence-corrected chi connectivity index (χ4v) is 1.98. The summed E-state index contributed by atoms with van der Waals surface area (Å²) in [6, 6.07) is 0. The van der Waals surface area contributed by atoms with E-state index in [9.17, 15) is 14.3 Å². The second kappa shape index (κ2) is 11.5. The van der Waals surface area contributed by atoms with Crippen LogP contribution in [0.4, 0.5) is 4.39 Å². The summed E-state index contributed by atoms with van der Waals surface area (Å²) in [4.78, 5) is 10.3. The molecule has 3 nitrogen and oxygen atoms in total. The van der Waals surface area contributed by atoms with E-state index in [1.54, 1.807) is 0 Å². The zero-order chi connectivity index (χ0) is 13.8. The molecule has 4 heteroatoms. The predicted molar refractivity (Wildman–Crippen MR) is 70.4 cm³/mol. The van der Waals surface area contributed by atoms with Gasteiger partial charge in [-0.2, -0.15) is 0 Å². The largest absolute Gasteiger partial charge is 0.479 e. The van der Waals surface area contributed by atoms with E-state index in [1.807, 2.05) is 0 Å². The van der Waals surface area contributed by atoms with Gasteiger partial charge in [-0.25, -0.2) is 9.18 Å². The van der Waals surface area contributed by atoms with Crippen LogP contribution < -0.4 is 0 Å². The predicted octanol–water partition coefficient (Wildman–Crippen LogP) is 3.69. The molecule has 0 aliphatic heterocycles. The molecule has 0 spiro atoms. The van der Waals surface area contributed by atoms with E-state index in [2.05, 4.69) is 6.92 Å². The number of hydrogen-bond donors (Lipinski definition) is 2. The highest BCUT2D eigenvalue weighted by atomic mass is 19.1. The van der Waals surface area contributed by atoms with Crippen molar-refractivity contribution in [3.8, 4) is 0 Å². The normalized spacial score (nSPS) is 14.4. The summed E-state index contributed by atoms with van der Waals surface area (Å²) in [6.07, 6.45) is 7.03. The zero-order valence-electron chi connectivity index (χ0n) is 11.4. The van der Waals surface area contributed by atoms with Crippen molar-refractivity contribution in [2.24, 2.45) is 0 Å². The van der Waals surface area contributed by atoms with Crippen LogP contribution in [0, 0.1) is 0 Å². The Bertz CT molecular complexity index is 209. The number of hydrogen-bond acceptors (Lipinski definition) is 2. The molecule has 0 saturated carbocycles. The molecule has 0 heterocycles. The quantitative estimate of drug-likeness (QED) is 0.527. The molecule has 0 aliphatic carbocycles. The molecule has 0 amide bonds. The molecule has 2 N–H and O–H groups in total. The van der Waals surface area contributed by atoms with Crippen LogP contribution in [0.2, 0.25) is 0 Å². The van der Waals surface area contributed by atoms with Crippen molar-refractivity contribution < 1.29 is 19.4 Å². The summed E-state index contributed by atoms with van der Waals surface area (Å²) in [6.45, 7) is 2.20. The summed E-state index contributed by atoms with van der Waals surface area (Å²) in [5.74, 6) is -1.57. The number of aliphatic hydroxyl groups is 1. The Morgan fingerprint density at radius 3 is 1.89 bits per heavy atom. The molecule has 2 atom stereocenters. The Balaban J connectivity index is 3.27. The van der Waals surface area contributed by atoms with Gasteiger partial charge in [0.1, 0.15) is 0 Å². The summed E-state index contributed by atoms with van der Waals surface area (Å²) in [7, 11) is 0. The Labute approximate surface area is 109 Å². The molecule has 0 aromatic carbocycles. The van der Waals surface area contributed by atoms with E-state index < -0.39 is 18.2 Å². The van der Waals surface area contributed by atoms with Gasteiger partial charge >= 0.3 is 5.97 Å². The van der Waals surface area contributed by atoms with Crippen molar-refractivity contribution in [2.45, 2.75) is 83.4 Å². The number of unbranched alkanes of at least 4 members (excludes halogenated alkanes) is 8. The monoisotopic (exact) mass is 262 g/mol. The number of rotatable bonds is 12. The van der Waals surface area contributed by atoms with Crippen molar-refractivity contribution in [1.29, 1.82) is 0 Å². The number of halogens is 1. The number of alkyl halides is 1. The van der Waals surface area contributed by atoms with Crippen LogP contribution in [-0.4, -0.2) is 28.5 Å². The number of aliphatic carboxylic acids is 1. The van der Waals surface area contributed by atoms with Crippen LogP contribution in [0.5, 0.6) is 0 Å². The Morgan fingerprint density at radius 1 is 1.00 bits per heavy atom. The molecule has 18 heavy (non-hydrogen) atoms.